The summed E-state index contributed by atoms with van der Waals surface area (Å²) in [5.74, 6) is 0.111. The smallest absolute Gasteiger partial charge is 0.234 e. The van der Waals surface area contributed by atoms with Crippen LogP contribution in [0.4, 0.5) is 0 Å². The SMILES string of the molecule is CC(C)NC(=O)CN1CCN(Cc2ccc(Cl)nc2)CC1. The maximum absolute atomic E-state index is 11.7. The summed E-state index contributed by atoms with van der Waals surface area (Å²) in [5, 5.41) is 3.46. The summed E-state index contributed by atoms with van der Waals surface area (Å²) < 4.78 is 0. The molecular formula is C15H23ClN4O. The molecule has 2 rings (SSSR count). The summed E-state index contributed by atoms with van der Waals surface area (Å²) in [6, 6.07) is 4.04. The summed E-state index contributed by atoms with van der Waals surface area (Å²) >= 11 is 5.79. The van der Waals surface area contributed by atoms with Crippen LogP contribution in [0.25, 0.3) is 0 Å². The summed E-state index contributed by atoms with van der Waals surface area (Å²) in [5.41, 5.74) is 1.17. The van der Waals surface area contributed by atoms with E-state index in [1.54, 1.807) is 0 Å². The van der Waals surface area contributed by atoms with Crippen LogP contribution >= 0.6 is 11.6 Å². The second-order valence-electron chi connectivity index (χ2n) is 5.76. The zero-order valence-electron chi connectivity index (χ0n) is 12.7. The molecule has 1 aromatic heterocycles. The van der Waals surface area contributed by atoms with E-state index < -0.39 is 0 Å². The average Bonchev–Trinajstić information content (AvgIpc) is 2.42. The Labute approximate surface area is 131 Å². The molecule has 21 heavy (non-hydrogen) atoms. The first-order valence-corrected chi connectivity index (χ1v) is 7.75. The van der Waals surface area contributed by atoms with Crippen molar-refractivity contribution in [2.45, 2.75) is 26.4 Å². The molecule has 6 heteroatoms. The van der Waals surface area contributed by atoms with E-state index >= 15 is 0 Å². The molecule has 1 aliphatic heterocycles. The first kappa shape index (κ1) is 16.2. The van der Waals surface area contributed by atoms with Crippen molar-refractivity contribution in [1.82, 2.24) is 20.1 Å². The molecule has 1 N–H and O–H groups in total. The van der Waals surface area contributed by atoms with Gasteiger partial charge in [0.2, 0.25) is 5.91 Å². The molecule has 116 valence electrons. The van der Waals surface area contributed by atoms with Crippen molar-refractivity contribution in [2.24, 2.45) is 0 Å². The Morgan fingerprint density at radius 2 is 1.95 bits per heavy atom. The van der Waals surface area contributed by atoms with Gasteiger partial charge in [-0.2, -0.15) is 0 Å². The highest BCUT2D eigenvalue weighted by Gasteiger charge is 2.19. The molecule has 0 unspecified atom stereocenters. The molecule has 0 bridgehead atoms. The molecule has 0 saturated carbocycles. The van der Waals surface area contributed by atoms with Crippen molar-refractivity contribution in [3.8, 4) is 0 Å². The highest BCUT2D eigenvalue weighted by Crippen LogP contribution is 2.10. The Bertz CT molecular complexity index is 455. The quantitative estimate of drug-likeness (QED) is 0.835. The monoisotopic (exact) mass is 310 g/mol. The first-order chi connectivity index (χ1) is 10.0. The lowest BCUT2D eigenvalue weighted by molar-refractivity contribution is -0.123. The van der Waals surface area contributed by atoms with Crippen LogP contribution in [0.15, 0.2) is 18.3 Å². The van der Waals surface area contributed by atoms with Crippen molar-refractivity contribution in [3.63, 3.8) is 0 Å². The van der Waals surface area contributed by atoms with Gasteiger partial charge in [0.05, 0.1) is 6.54 Å². The number of nitrogens with one attached hydrogen (secondary N) is 1. The van der Waals surface area contributed by atoms with E-state index in [0.29, 0.717) is 11.7 Å². The van der Waals surface area contributed by atoms with Crippen LogP contribution in [-0.2, 0) is 11.3 Å². The Hall–Kier alpha value is -1.17. The standard InChI is InChI=1S/C15H23ClN4O/c1-12(2)18-15(21)11-20-7-5-19(6-8-20)10-13-3-4-14(16)17-9-13/h3-4,9,12H,5-8,10-11H2,1-2H3,(H,18,21). The molecule has 0 aliphatic carbocycles. The van der Waals surface area contributed by atoms with Gasteiger partial charge in [-0.3, -0.25) is 14.6 Å². The lowest BCUT2D eigenvalue weighted by Gasteiger charge is -2.34. The van der Waals surface area contributed by atoms with Gasteiger partial charge in [-0.1, -0.05) is 17.7 Å². The molecule has 5 nitrogen and oxygen atoms in total. The number of halogens is 1. The van der Waals surface area contributed by atoms with Gasteiger partial charge in [-0.15, -0.1) is 0 Å². The Kier molecular flexibility index (Phi) is 5.96. The Morgan fingerprint density at radius 3 is 2.52 bits per heavy atom. The number of amides is 1. The van der Waals surface area contributed by atoms with Crippen molar-refractivity contribution in [1.29, 1.82) is 0 Å². The molecule has 0 radical (unpaired) electrons. The highest BCUT2D eigenvalue weighted by atomic mass is 35.5. The topological polar surface area (TPSA) is 48.5 Å². The zero-order chi connectivity index (χ0) is 15.2. The van der Waals surface area contributed by atoms with Gasteiger partial charge in [0, 0.05) is 45.0 Å². The van der Waals surface area contributed by atoms with E-state index in [1.807, 2.05) is 32.2 Å². The fourth-order valence-corrected chi connectivity index (χ4v) is 2.55. The van der Waals surface area contributed by atoms with Gasteiger partial charge in [-0.05, 0) is 25.5 Å². The number of carbonyl (C=O) groups is 1. The van der Waals surface area contributed by atoms with Crippen LogP contribution in [0.3, 0.4) is 0 Å². The molecule has 1 aliphatic rings. The third kappa shape index (κ3) is 5.61. The fourth-order valence-electron chi connectivity index (χ4n) is 2.43. The number of rotatable bonds is 5. The van der Waals surface area contributed by atoms with E-state index in [1.165, 1.54) is 5.56 Å². The summed E-state index contributed by atoms with van der Waals surface area (Å²) in [6.45, 7) is 9.13. The number of aromatic nitrogens is 1. The predicted octanol–water partition coefficient (Wildman–Crippen LogP) is 1.38. The fraction of sp³-hybridized carbons (Fsp3) is 0.600. The second-order valence-corrected chi connectivity index (χ2v) is 6.15. The lowest BCUT2D eigenvalue weighted by atomic mass is 10.2. The number of carbonyl (C=O) groups excluding carboxylic acids is 1. The minimum Gasteiger partial charge on any atom is -0.353 e. The van der Waals surface area contributed by atoms with Crippen molar-refractivity contribution >= 4 is 17.5 Å². The number of hydrogen-bond acceptors (Lipinski definition) is 4. The van der Waals surface area contributed by atoms with Crippen LogP contribution in [0.2, 0.25) is 5.15 Å². The third-order valence-electron chi connectivity index (χ3n) is 3.48. The van der Waals surface area contributed by atoms with Gasteiger partial charge in [0.15, 0.2) is 0 Å². The van der Waals surface area contributed by atoms with Crippen LogP contribution in [-0.4, -0.2) is 59.5 Å². The third-order valence-corrected chi connectivity index (χ3v) is 3.70. The predicted molar refractivity (Wildman–Crippen MR) is 84.2 cm³/mol. The van der Waals surface area contributed by atoms with Gasteiger partial charge in [0.25, 0.3) is 0 Å². The largest absolute Gasteiger partial charge is 0.353 e. The van der Waals surface area contributed by atoms with Crippen molar-refractivity contribution in [2.75, 3.05) is 32.7 Å². The number of nitrogens with zero attached hydrogens (tertiary/aromatic N) is 3. The van der Waals surface area contributed by atoms with E-state index in [4.69, 9.17) is 11.6 Å². The Balaban J connectivity index is 1.73. The summed E-state index contributed by atoms with van der Waals surface area (Å²) in [6.07, 6.45) is 1.82. The zero-order valence-corrected chi connectivity index (χ0v) is 13.4. The molecule has 0 spiro atoms. The summed E-state index contributed by atoms with van der Waals surface area (Å²) in [4.78, 5) is 20.4. The van der Waals surface area contributed by atoms with Gasteiger partial charge < -0.3 is 5.32 Å². The molecule has 1 aromatic rings. The maximum atomic E-state index is 11.7. The minimum atomic E-state index is 0.111. The lowest BCUT2D eigenvalue weighted by Crippen LogP contribution is -2.49. The van der Waals surface area contributed by atoms with Crippen molar-refractivity contribution < 1.29 is 4.79 Å². The van der Waals surface area contributed by atoms with E-state index in [9.17, 15) is 4.79 Å². The second kappa shape index (κ2) is 7.73. The van der Waals surface area contributed by atoms with E-state index in [2.05, 4.69) is 20.1 Å². The van der Waals surface area contributed by atoms with Crippen molar-refractivity contribution in [3.05, 3.63) is 29.0 Å². The average molecular weight is 311 g/mol. The summed E-state index contributed by atoms with van der Waals surface area (Å²) in [7, 11) is 0. The molecule has 1 saturated heterocycles. The Morgan fingerprint density at radius 1 is 1.29 bits per heavy atom. The maximum Gasteiger partial charge on any atom is 0.234 e. The minimum absolute atomic E-state index is 0.111. The van der Waals surface area contributed by atoms with Gasteiger partial charge in [-0.25, -0.2) is 4.98 Å². The first-order valence-electron chi connectivity index (χ1n) is 7.37. The van der Waals surface area contributed by atoms with Gasteiger partial charge in [0.1, 0.15) is 5.15 Å². The number of piperazine rings is 1. The van der Waals surface area contributed by atoms with E-state index in [-0.39, 0.29) is 11.9 Å². The van der Waals surface area contributed by atoms with Crippen LogP contribution in [0.1, 0.15) is 19.4 Å². The van der Waals surface area contributed by atoms with Crippen LogP contribution < -0.4 is 5.32 Å². The molecule has 1 amide bonds. The van der Waals surface area contributed by atoms with Crippen LogP contribution in [0.5, 0.6) is 0 Å². The normalized spacial score (nSPS) is 17.1. The van der Waals surface area contributed by atoms with Gasteiger partial charge >= 0.3 is 0 Å². The molecular weight excluding hydrogens is 288 g/mol. The molecule has 1 fully saturated rings. The molecule has 0 atom stereocenters. The highest BCUT2D eigenvalue weighted by molar-refractivity contribution is 6.29. The molecule has 0 aromatic carbocycles. The van der Waals surface area contributed by atoms with Crippen LogP contribution in [0, 0.1) is 0 Å². The molecule has 2 heterocycles. The number of pyridine rings is 1. The van der Waals surface area contributed by atoms with E-state index in [0.717, 1.165) is 32.7 Å². The number of hydrogen-bond donors (Lipinski definition) is 1.